The average Bonchev–Trinajstić information content (AvgIpc) is 3.70. The number of aromatic nitrogens is 3. The van der Waals surface area contributed by atoms with Crippen LogP contribution in [-0.4, -0.2) is 31.8 Å². The van der Waals surface area contributed by atoms with Crippen LogP contribution in [0.25, 0.3) is 0 Å². The lowest BCUT2D eigenvalue weighted by atomic mass is 9.51. The maximum atomic E-state index is 2.84. The lowest BCUT2D eigenvalue weighted by Crippen LogP contribution is -2.71. The van der Waals surface area contributed by atoms with Gasteiger partial charge in [0.1, 0.15) is 17.5 Å². The zero-order chi connectivity index (χ0) is 22.3. The summed E-state index contributed by atoms with van der Waals surface area (Å²) in [5.41, 5.74) is 4.66. The van der Waals surface area contributed by atoms with Crippen molar-refractivity contribution in [1.29, 1.82) is 0 Å². The summed E-state index contributed by atoms with van der Waals surface area (Å²) in [5, 5.41) is 0. The van der Waals surface area contributed by atoms with Crippen molar-refractivity contribution in [3.8, 4) is 0 Å². The van der Waals surface area contributed by atoms with Crippen molar-refractivity contribution < 1.29 is 0 Å². The van der Waals surface area contributed by atoms with E-state index >= 15 is 0 Å². The van der Waals surface area contributed by atoms with E-state index < -0.39 is 0 Å². The molecule has 1 fully saturated rings. The standard InChI is InChI=1S/C30H24N6/c1-4-19-31-11-8-14-17-3-6-21-33-12-9-15-18-2-5-20-32-10-7-13-16(1)34(19)28-22(25(13)32)29(35(18)20)24(27(15)33)30(36(17)21)23(28)26(14)31/h1-15,22-30H. The second-order valence-electron chi connectivity index (χ2n) is 13.0. The third-order valence-corrected chi connectivity index (χ3v) is 12.5. The Morgan fingerprint density at radius 3 is 1.06 bits per heavy atom. The van der Waals surface area contributed by atoms with E-state index in [2.05, 4.69) is 102 Å². The van der Waals surface area contributed by atoms with Crippen LogP contribution in [0.5, 0.6) is 0 Å². The molecule has 1 saturated carbocycles. The Morgan fingerprint density at radius 2 is 0.722 bits per heavy atom. The molecule has 3 aromatic heterocycles. The van der Waals surface area contributed by atoms with E-state index in [-0.39, 0.29) is 0 Å². The number of hydrogen-bond donors (Lipinski definition) is 0. The molecule has 0 amide bonds. The first-order valence-electron chi connectivity index (χ1n) is 13.9. The molecule has 9 aliphatic heterocycles. The van der Waals surface area contributed by atoms with Crippen LogP contribution in [0.15, 0.2) is 73.2 Å². The number of hydrogen-bond acceptors (Lipinski definition) is 3. The maximum Gasteiger partial charge on any atom is 0.113 e. The molecule has 36 heavy (non-hydrogen) atoms. The van der Waals surface area contributed by atoms with Crippen LogP contribution >= 0.6 is 0 Å². The molecule has 10 aliphatic rings. The summed E-state index contributed by atoms with van der Waals surface area (Å²) in [6, 6.07) is 18.1. The van der Waals surface area contributed by atoms with Crippen LogP contribution in [0.2, 0.25) is 0 Å². The van der Waals surface area contributed by atoms with Crippen LogP contribution in [0, 0.1) is 17.8 Å². The molecule has 1 aliphatic carbocycles. The smallest absolute Gasteiger partial charge is 0.113 e. The minimum Gasteiger partial charge on any atom is -0.330 e. The van der Waals surface area contributed by atoms with E-state index in [0.717, 1.165) is 0 Å². The number of fused-ring (bicyclic) bond motifs is 6. The molecule has 3 aromatic rings. The lowest BCUT2D eigenvalue weighted by Gasteiger charge is -2.70. The fraction of sp³-hybridized carbons (Fsp3) is 0.400. The van der Waals surface area contributed by atoms with Crippen LogP contribution < -0.4 is 14.7 Å². The highest BCUT2D eigenvalue weighted by Gasteiger charge is 2.72. The molecule has 0 radical (unpaired) electrons. The zero-order valence-corrected chi connectivity index (χ0v) is 19.5. The van der Waals surface area contributed by atoms with Gasteiger partial charge >= 0.3 is 0 Å². The van der Waals surface area contributed by atoms with E-state index in [4.69, 9.17) is 0 Å². The summed E-state index contributed by atoms with van der Waals surface area (Å²) in [5.74, 6) is 7.73. The second-order valence-corrected chi connectivity index (χ2v) is 13.0. The first-order chi connectivity index (χ1) is 17.9. The first-order valence-corrected chi connectivity index (χ1v) is 13.9. The van der Waals surface area contributed by atoms with Gasteiger partial charge in [0.25, 0.3) is 0 Å². The average molecular weight is 469 g/mol. The van der Waals surface area contributed by atoms with Gasteiger partial charge in [-0.15, -0.1) is 0 Å². The van der Waals surface area contributed by atoms with Gasteiger partial charge in [0.15, 0.2) is 0 Å². The first kappa shape index (κ1) is 16.3. The van der Waals surface area contributed by atoms with E-state index in [9.17, 15) is 0 Å². The summed E-state index contributed by atoms with van der Waals surface area (Å²) in [6.45, 7) is 0. The molecule has 174 valence electrons. The van der Waals surface area contributed by atoms with Gasteiger partial charge in [0.05, 0.1) is 18.1 Å². The number of anilines is 3. The molecule has 6 heteroatoms. The quantitative estimate of drug-likeness (QED) is 0.488. The molecule has 0 N–H and O–H groups in total. The normalized spacial score (nSPS) is 47.5. The Hall–Kier alpha value is -3.54. The Labute approximate surface area is 208 Å². The van der Waals surface area contributed by atoms with E-state index in [1.807, 2.05) is 0 Å². The minimum absolute atomic E-state index is 0.489. The van der Waals surface area contributed by atoms with Crippen molar-refractivity contribution in [1.82, 2.24) is 13.7 Å². The van der Waals surface area contributed by atoms with Gasteiger partial charge in [0.2, 0.25) is 0 Å². The fourth-order valence-electron chi connectivity index (χ4n) is 11.9. The van der Waals surface area contributed by atoms with Crippen LogP contribution in [0.1, 0.15) is 53.0 Å². The lowest BCUT2D eigenvalue weighted by molar-refractivity contribution is -0.0780. The maximum absolute atomic E-state index is 2.84. The molecule has 0 spiro atoms. The molecule has 0 aromatic carbocycles. The van der Waals surface area contributed by atoms with E-state index in [0.29, 0.717) is 71.8 Å². The number of rotatable bonds is 0. The molecule has 6 nitrogen and oxygen atoms in total. The minimum atomic E-state index is 0.489. The molecule has 6 unspecified atom stereocenters. The van der Waals surface area contributed by atoms with Gasteiger partial charge in [-0.2, -0.15) is 0 Å². The van der Waals surface area contributed by atoms with E-state index in [1.54, 1.807) is 17.1 Å². The van der Waals surface area contributed by atoms with Crippen LogP contribution in [0.3, 0.4) is 0 Å². The SMILES string of the molecule is C1=CN2c3ccc4n3C3C5C6C4C=CN6c4ccc6n4C5C4C5C6C=CN5c5ccc6n5C4C3C2C16. The third-order valence-electron chi connectivity index (χ3n) is 12.5. The van der Waals surface area contributed by atoms with Crippen LogP contribution in [-0.2, 0) is 0 Å². The van der Waals surface area contributed by atoms with Crippen molar-refractivity contribution in [2.75, 3.05) is 14.7 Å². The highest BCUT2D eigenvalue weighted by molar-refractivity contribution is 5.67. The monoisotopic (exact) mass is 468 g/mol. The van der Waals surface area contributed by atoms with E-state index in [1.165, 1.54) is 17.5 Å². The molecule has 0 saturated heterocycles. The largest absolute Gasteiger partial charge is 0.330 e. The van der Waals surface area contributed by atoms with Gasteiger partial charge in [-0.05, 0) is 36.4 Å². The summed E-state index contributed by atoms with van der Waals surface area (Å²) in [4.78, 5) is 8.08. The topological polar surface area (TPSA) is 24.5 Å². The van der Waals surface area contributed by atoms with Gasteiger partial charge in [0, 0.05) is 89.3 Å². The summed E-state index contributed by atoms with van der Waals surface area (Å²) in [7, 11) is 0. The van der Waals surface area contributed by atoms with Crippen LogP contribution in [0.4, 0.5) is 17.5 Å². The summed E-state index contributed by atoms with van der Waals surface area (Å²) >= 11 is 0. The molecular weight excluding hydrogens is 444 g/mol. The number of nitrogens with zero attached hydrogens (tertiary/aromatic N) is 6. The fourth-order valence-corrected chi connectivity index (χ4v) is 11.9. The Morgan fingerprint density at radius 1 is 0.389 bits per heavy atom. The van der Waals surface area contributed by atoms with Gasteiger partial charge < -0.3 is 28.4 Å². The van der Waals surface area contributed by atoms with Crippen molar-refractivity contribution in [3.05, 3.63) is 90.3 Å². The second kappa shape index (κ2) is 4.51. The van der Waals surface area contributed by atoms with Crippen molar-refractivity contribution >= 4 is 17.5 Å². The Kier molecular flexibility index (Phi) is 2.04. The van der Waals surface area contributed by atoms with Crippen molar-refractivity contribution in [3.63, 3.8) is 0 Å². The molecular formula is C30H24N6. The van der Waals surface area contributed by atoms with Gasteiger partial charge in [-0.1, -0.05) is 18.2 Å². The highest BCUT2D eigenvalue weighted by Crippen LogP contribution is 2.74. The molecule has 13 rings (SSSR count). The summed E-state index contributed by atoms with van der Waals surface area (Å²) in [6.07, 6.45) is 14.9. The molecule has 0 bridgehead atoms. The van der Waals surface area contributed by atoms with Crippen molar-refractivity contribution in [2.24, 2.45) is 17.8 Å². The van der Waals surface area contributed by atoms with Gasteiger partial charge in [-0.3, -0.25) is 0 Å². The Balaban J connectivity index is 1.24. The molecule has 6 atom stereocenters. The molecule has 12 heterocycles. The summed E-state index contributed by atoms with van der Waals surface area (Å²) < 4.78 is 8.53. The Bertz CT molecular complexity index is 1420. The zero-order valence-electron chi connectivity index (χ0n) is 19.5. The van der Waals surface area contributed by atoms with Crippen molar-refractivity contribution in [2.45, 2.75) is 54.0 Å². The third kappa shape index (κ3) is 1.23. The predicted molar refractivity (Wildman–Crippen MR) is 135 cm³/mol. The van der Waals surface area contributed by atoms with Gasteiger partial charge in [-0.25, -0.2) is 0 Å². The highest BCUT2D eigenvalue weighted by atomic mass is 15.4. The predicted octanol–water partition coefficient (Wildman–Crippen LogP) is 4.42.